The molecule has 2 heterocycles. The van der Waals surface area contributed by atoms with Crippen molar-refractivity contribution in [1.82, 2.24) is 14.9 Å². The number of carbonyl (C=O) groups is 1. The highest BCUT2D eigenvalue weighted by molar-refractivity contribution is 5.92. The lowest BCUT2D eigenvalue weighted by atomic mass is 9.80. The number of urea groups is 1. The Balaban J connectivity index is 1.94. The minimum Gasteiger partial charge on any atom is -0.481 e. The molecular formula is C20H23N5O3. The van der Waals surface area contributed by atoms with Gasteiger partial charge in [0.2, 0.25) is 11.8 Å². The first-order valence-corrected chi connectivity index (χ1v) is 8.99. The van der Waals surface area contributed by atoms with E-state index < -0.39 is 5.41 Å². The summed E-state index contributed by atoms with van der Waals surface area (Å²) in [4.78, 5) is 22.6. The molecule has 0 saturated heterocycles. The zero-order valence-electron chi connectivity index (χ0n) is 16.4. The fourth-order valence-electron chi connectivity index (χ4n) is 3.16. The molecule has 1 unspecified atom stereocenters. The molecule has 0 saturated carbocycles. The van der Waals surface area contributed by atoms with Crippen LogP contribution in [0.5, 0.6) is 11.8 Å². The predicted octanol–water partition coefficient (Wildman–Crippen LogP) is 2.89. The van der Waals surface area contributed by atoms with E-state index in [0.717, 1.165) is 16.8 Å². The number of nitrogens with zero attached hydrogens (tertiary/aromatic N) is 4. The van der Waals surface area contributed by atoms with Crippen molar-refractivity contribution in [1.29, 1.82) is 5.26 Å². The van der Waals surface area contributed by atoms with Crippen molar-refractivity contribution in [2.24, 2.45) is 0 Å². The zero-order chi connectivity index (χ0) is 20.3. The number of carbonyl (C=O) groups excluding carboxylic acids is 1. The Morgan fingerprint density at radius 2 is 1.93 bits per heavy atom. The molecule has 8 heteroatoms. The van der Waals surface area contributed by atoms with Crippen LogP contribution in [0.25, 0.3) is 0 Å². The number of ether oxygens (including phenoxy) is 2. The lowest BCUT2D eigenvalue weighted by Gasteiger charge is -2.30. The monoisotopic (exact) mass is 381 g/mol. The maximum absolute atomic E-state index is 12.2. The van der Waals surface area contributed by atoms with E-state index in [1.165, 1.54) is 14.2 Å². The molecule has 8 nitrogen and oxygen atoms in total. The van der Waals surface area contributed by atoms with Crippen LogP contribution in [0.2, 0.25) is 0 Å². The van der Waals surface area contributed by atoms with Crippen molar-refractivity contribution >= 4 is 11.7 Å². The highest BCUT2D eigenvalue weighted by atomic mass is 16.5. The topological polar surface area (TPSA) is 100 Å². The van der Waals surface area contributed by atoms with Crippen LogP contribution < -0.4 is 14.8 Å². The molecule has 28 heavy (non-hydrogen) atoms. The second-order valence-corrected chi connectivity index (χ2v) is 6.81. The Hall–Kier alpha value is -3.34. The Morgan fingerprint density at radius 1 is 1.25 bits per heavy atom. The molecule has 0 radical (unpaired) electrons. The maximum atomic E-state index is 12.2. The largest absolute Gasteiger partial charge is 0.481 e. The average Bonchev–Trinajstić information content (AvgIpc) is 2.72. The highest BCUT2D eigenvalue weighted by Gasteiger charge is 2.31. The van der Waals surface area contributed by atoms with E-state index in [0.29, 0.717) is 30.7 Å². The maximum Gasteiger partial charge on any atom is 0.322 e. The third-order valence-electron chi connectivity index (χ3n) is 4.92. The van der Waals surface area contributed by atoms with Crippen molar-refractivity contribution in [3.8, 4) is 17.8 Å². The van der Waals surface area contributed by atoms with E-state index in [1.54, 1.807) is 11.0 Å². The minimum atomic E-state index is -0.890. The number of nitriles is 1. The van der Waals surface area contributed by atoms with Gasteiger partial charge in [0.05, 0.1) is 31.8 Å². The summed E-state index contributed by atoms with van der Waals surface area (Å²) in [6.45, 7) is 4.95. The normalized spacial score (nSPS) is 15.1. The molecule has 1 aliphatic rings. The van der Waals surface area contributed by atoms with E-state index in [4.69, 9.17) is 9.47 Å². The first-order chi connectivity index (χ1) is 13.4. The van der Waals surface area contributed by atoms with Crippen molar-refractivity contribution < 1.29 is 14.3 Å². The molecule has 0 fully saturated rings. The number of anilines is 1. The van der Waals surface area contributed by atoms with Crippen LogP contribution >= 0.6 is 0 Å². The third-order valence-corrected chi connectivity index (χ3v) is 4.92. The number of aromatic nitrogens is 2. The SMILES string of the molecule is CCN1Cc2ccc(C(C)(C#N)Cc3nc(OC)cc(OC)n3)cc2NC1=O. The second-order valence-electron chi connectivity index (χ2n) is 6.81. The highest BCUT2D eigenvalue weighted by Crippen LogP contribution is 2.33. The van der Waals surface area contributed by atoms with Gasteiger partial charge in [-0.05, 0) is 31.0 Å². The van der Waals surface area contributed by atoms with E-state index >= 15 is 0 Å². The molecule has 3 rings (SSSR count). The predicted molar refractivity (Wildman–Crippen MR) is 103 cm³/mol. The van der Waals surface area contributed by atoms with Gasteiger partial charge in [0.15, 0.2) is 0 Å². The molecule has 1 aliphatic heterocycles. The molecular weight excluding hydrogens is 358 g/mol. The molecule has 2 amide bonds. The average molecular weight is 381 g/mol. The summed E-state index contributed by atoms with van der Waals surface area (Å²) in [5.74, 6) is 1.19. The number of benzene rings is 1. The van der Waals surface area contributed by atoms with Gasteiger partial charge in [0, 0.05) is 25.2 Å². The number of rotatable bonds is 6. The number of methoxy groups -OCH3 is 2. The summed E-state index contributed by atoms with van der Waals surface area (Å²) in [7, 11) is 3.03. The number of fused-ring (bicyclic) bond motifs is 1. The van der Waals surface area contributed by atoms with Crippen molar-refractivity contribution in [3.05, 3.63) is 41.2 Å². The lowest BCUT2D eigenvalue weighted by Crippen LogP contribution is -2.38. The van der Waals surface area contributed by atoms with Gasteiger partial charge in [-0.3, -0.25) is 0 Å². The van der Waals surface area contributed by atoms with Gasteiger partial charge >= 0.3 is 6.03 Å². The molecule has 0 spiro atoms. The summed E-state index contributed by atoms with van der Waals surface area (Å²) in [5.41, 5.74) is 1.64. The van der Waals surface area contributed by atoms with Gasteiger partial charge in [-0.2, -0.15) is 15.2 Å². The Labute approximate surface area is 164 Å². The quantitative estimate of drug-likeness (QED) is 0.826. The van der Waals surface area contributed by atoms with E-state index in [-0.39, 0.29) is 12.5 Å². The fourth-order valence-corrected chi connectivity index (χ4v) is 3.16. The molecule has 0 bridgehead atoms. The van der Waals surface area contributed by atoms with Gasteiger partial charge in [-0.25, -0.2) is 4.79 Å². The van der Waals surface area contributed by atoms with Crippen LogP contribution in [0.15, 0.2) is 24.3 Å². The lowest BCUT2D eigenvalue weighted by molar-refractivity contribution is 0.210. The molecule has 2 aromatic rings. The standard InChI is InChI=1S/C20H23N5O3/c1-5-25-11-13-6-7-14(8-15(13)22-19(25)26)20(2,12-21)10-16-23-17(27-3)9-18(24-16)28-4/h6-9H,5,10-11H2,1-4H3,(H,22,26). The minimum absolute atomic E-state index is 0.133. The molecule has 0 aliphatic carbocycles. The first kappa shape index (κ1) is 19.4. The molecule has 1 aromatic heterocycles. The van der Waals surface area contributed by atoms with Crippen LogP contribution in [-0.4, -0.2) is 41.7 Å². The fraction of sp³-hybridized carbons (Fsp3) is 0.400. The van der Waals surface area contributed by atoms with Gasteiger partial charge in [0.25, 0.3) is 0 Å². The Bertz CT molecular complexity index is 918. The van der Waals surface area contributed by atoms with Gasteiger partial charge in [0.1, 0.15) is 5.82 Å². The van der Waals surface area contributed by atoms with E-state index in [9.17, 15) is 10.1 Å². The van der Waals surface area contributed by atoms with E-state index in [2.05, 4.69) is 21.4 Å². The number of amides is 2. The summed E-state index contributed by atoms with van der Waals surface area (Å²) in [6, 6.07) is 9.56. The Morgan fingerprint density at radius 3 is 2.50 bits per heavy atom. The zero-order valence-corrected chi connectivity index (χ0v) is 16.4. The van der Waals surface area contributed by atoms with Gasteiger partial charge in [-0.1, -0.05) is 12.1 Å². The molecule has 1 atom stereocenters. The van der Waals surface area contributed by atoms with Crippen LogP contribution in [0.3, 0.4) is 0 Å². The summed E-state index contributed by atoms with van der Waals surface area (Å²) in [6.07, 6.45) is 0.269. The van der Waals surface area contributed by atoms with Gasteiger partial charge in [-0.15, -0.1) is 0 Å². The summed E-state index contributed by atoms with van der Waals surface area (Å²) < 4.78 is 10.4. The number of nitrogens with one attached hydrogen (secondary N) is 1. The number of hydrogen-bond acceptors (Lipinski definition) is 6. The van der Waals surface area contributed by atoms with Crippen LogP contribution in [0, 0.1) is 11.3 Å². The van der Waals surface area contributed by atoms with Crippen molar-refractivity contribution in [3.63, 3.8) is 0 Å². The first-order valence-electron chi connectivity index (χ1n) is 8.99. The molecule has 1 aromatic carbocycles. The number of hydrogen-bond donors (Lipinski definition) is 1. The van der Waals surface area contributed by atoms with Crippen molar-refractivity contribution in [2.75, 3.05) is 26.1 Å². The third kappa shape index (κ3) is 3.69. The van der Waals surface area contributed by atoms with Crippen LogP contribution in [-0.2, 0) is 18.4 Å². The summed E-state index contributed by atoms with van der Waals surface area (Å²) in [5, 5.41) is 12.8. The smallest absolute Gasteiger partial charge is 0.322 e. The summed E-state index contributed by atoms with van der Waals surface area (Å²) >= 11 is 0. The van der Waals surface area contributed by atoms with Crippen LogP contribution in [0.4, 0.5) is 10.5 Å². The van der Waals surface area contributed by atoms with Crippen LogP contribution in [0.1, 0.15) is 30.8 Å². The van der Waals surface area contributed by atoms with Gasteiger partial charge < -0.3 is 19.7 Å². The second kappa shape index (κ2) is 7.72. The molecule has 146 valence electrons. The van der Waals surface area contributed by atoms with E-state index in [1.807, 2.05) is 32.0 Å². The van der Waals surface area contributed by atoms with Crippen molar-refractivity contribution in [2.45, 2.75) is 32.2 Å². The Kier molecular flexibility index (Phi) is 5.36. The molecule has 1 N–H and O–H groups in total.